The number of ether oxygens (including phenoxy) is 1. The second-order valence-corrected chi connectivity index (χ2v) is 8.92. The Morgan fingerprint density at radius 1 is 1.12 bits per heavy atom. The summed E-state index contributed by atoms with van der Waals surface area (Å²) in [5, 5.41) is 5.17. The van der Waals surface area contributed by atoms with Gasteiger partial charge in [0.05, 0.1) is 19.2 Å². The normalized spacial score (nSPS) is 15.8. The van der Waals surface area contributed by atoms with Crippen LogP contribution >= 0.6 is 22.9 Å². The number of hydrogen-bond donors (Lipinski definition) is 1. The number of amides is 4. The standard InChI is InChI=1S/C24H22ClN3O4S/c1-32-19-9-7-17(8-10-19)26-22(29)15-21-23(30)28(18-5-2-4-16(25)14-18)24(31)27(21)12-11-20-6-3-13-33-20/h2-10,13-14,21H,11-12,15H2,1H3,(H,26,29). The van der Waals surface area contributed by atoms with Gasteiger partial charge in [0.25, 0.3) is 5.91 Å². The topological polar surface area (TPSA) is 79.0 Å². The molecule has 1 saturated heterocycles. The van der Waals surface area contributed by atoms with Crippen molar-refractivity contribution in [1.82, 2.24) is 4.90 Å². The summed E-state index contributed by atoms with van der Waals surface area (Å²) in [5.41, 5.74) is 0.964. The predicted molar refractivity (Wildman–Crippen MR) is 129 cm³/mol. The average Bonchev–Trinajstić information content (AvgIpc) is 3.40. The van der Waals surface area contributed by atoms with Gasteiger partial charge in [0.15, 0.2) is 0 Å². The maximum atomic E-state index is 13.3. The zero-order chi connectivity index (χ0) is 23.4. The number of methoxy groups -OCH3 is 1. The van der Waals surface area contributed by atoms with E-state index in [0.29, 0.717) is 35.1 Å². The van der Waals surface area contributed by atoms with Gasteiger partial charge in [-0.05, 0) is 60.3 Å². The van der Waals surface area contributed by atoms with E-state index in [-0.39, 0.29) is 12.3 Å². The number of rotatable bonds is 8. The van der Waals surface area contributed by atoms with Crippen LogP contribution in [0.2, 0.25) is 5.02 Å². The van der Waals surface area contributed by atoms with Gasteiger partial charge in [0.1, 0.15) is 11.8 Å². The van der Waals surface area contributed by atoms with Crippen LogP contribution in [-0.2, 0) is 16.0 Å². The number of hydrogen-bond acceptors (Lipinski definition) is 5. The van der Waals surface area contributed by atoms with Crippen LogP contribution in [-0.4, -0.2) is 42.4 Å². The molecule has 1 aliphatic heterocycles. The molecular formula is C24H22ClN3O4S. The molecular weight excluding hydrogens is 462 g/mol. The fourth-order valence-corrected chi connectivity index (χ4v) is 4.57. The minimum absolute atomic E-state index is 0.155. The predicted octanol–water partition coefficient (Wildman–Crippen LogP) is 4.82. The highest BCUT2D eigenvalue weighted by molar-refractivity contribution is 7.09. The minimum atomic E-state index is -0.908. The summed E-state index contributed by atoms with van der Waals surface area (Å²) in [6.45, 7) is 0.322. The van der Waals surface area contributed by atoms with Gasteiger partial charge in [-0.2, -0.15) is 0 Å². The molecule has 33 heavy (non-hydrogen) atoms. The second kappa shape index (κ2) is 10.1. The third-order valence-corrected chi connectivity index (χ3v) is 6.49. The maximum Gasteiger partial charge on any atom is 0.332 e. The largest absolute Gasteiger partial charge is 0.497 e. The lowest BCUT2D eigenvalue weighted by molar-refractivity contribution is -0.124. The summed E-state index contributed by atoms with van der Waals surface area (Å²) in [6.07, 6.45) is 0.439. The highest BCUT2D eigenvalue weighted by Gasteiger charge is 2.46. The Labute approximate surface area is 200 Å². The molecule has 4 amide bonds. The Bertz CT molecular complexity index is 1150. The van der Waals surface area contributed by atoms with Crippen molar-refractivity contribution in [2.24, 2.45) is 0 Å². The first-order chi connectivity index (χ1) is 16.0. The number of nitrogens with zero attached hydrogens (tertiary/aromatic N) is 2. The molecule has 1 unspecified atom stereocenters. The molecule has 1 N–H and O–H groups in total. The molecule has 0 saturated carbocycles. The lowest BCUT2D eigenvalue weighted by atomic mass is 10.1. The van der Waals surface area contributed by atoms with E-state index in [1.165, 1.54) is 4.90 Å². The lowest BCUT2D eigenvalue weighted by Gasteiger charge is -2.21. The van der Waals surface area contributed by atoms with Crippen molar-refractivity contribution in [2.45, 2.75) is 18.9 Å². The van der Waals surface area contributed by atoms with E-state index < -0.39 is 18.0 Å². The SMILES string of the molecule is COc1ccc(NC(=O)CC2C(=O)N(c3cccc(Cl)c3)C(=O)N2CCc2cccs2)cc1. The summed E-state index contributed by atoms with van der Waals surface area (Å²) in [4.78, 5) is 43.0. The molecule has 1 atom stereocenters. The molecule has 0 radical (unpaired) electrons. The van der Waals surface area contributed by atoms with E-state index in [0.717, 1.165) is 9.78 Å². The van der Waals surface area contributed by atoms with Gasteiger partial charge >= 0.3 is 6.03 Å². The smallest absolute Gasteiger partial charge is 0.332 e. The van der Waals surface area contributed by atoms with Crippen LogP contribution in [0.15, 0.2) is 66.0 Å². The number of carbonyl (C=O) groups is 3. The molecule has 9 heteroatoms. The molecule has 0 aliphatic carbocycles. The number of anilines is 2. The lowest BCUT2D eigenvalue weighted by Crippen LogP contribution is -2.39. The van der Waals surface area contributed by atoms with Gasteiger partial charge in [-0.1, -0.05) is 23.7 Å². The highest BCUT2D eigenvalue weighted by atomic mass is 35.5. The molecule has 1 fully saturated rings. The number of thiophene rings is 1. The number of carbonyl (C=O) groups excluding carboxylic acids is 3. The summed E-state index contributed by atoms with van der Waals surface area (Å²) < 4.78 is 5.13. The van der Waals surface area contributed by atoms with Gasteiger partial charge in [-0.25, -0.2) is 9.69 Å². The molecule has 0 spiro atoms. The first kappa shape index (κ1) is 22.8. The van der Waals surface area contributed by atoms with Gasteiger partial charge < -0.3 is 15.0 Å². The third-order valence-electron chi connectivity index (χ3n) is 5.32. The Balaban J connectivity index is 1.54. The fraction of sp³-hybridized carbons (Fsp3) is 0.208. The summed E-state index contributed by atoms with van der Waals surface area (Å²) in [6, 6.07) is 16.0. The number of nitrogens with one attached hydrogen (secondary N) is 1. The van der Waals surface area contributed by atoms with E-state index in [1.54, 1.807) is 67.0 Å². The van der Waals surface area contributed by atoms with Crippen LogP contribution in [0.1, 0.15) is 11.3 Å². The number of benzene rings is 2. The Hall–Kier alpha value is -3.36. The van der Waals surface area contributed by atoms with Crippen LogP contribution in [0, 0.1) is 0 Å². The second-order valence-electron chi connectivity index (χ2n) is 7.46. The van der Waals surface area contributed by atoms with Crippen LogP contribution in [0.5, 0.6) is 5.75 Å². The van der Waals surface area contributed by atoms with Crippen LogP contribution < -0.4 is 15.0 Å². The maximum absolute atomic E-state index is 13.3. The molecule has 2 aromatic carbocycles. The molecule has 2 heterocycles. The summed E-state index contributed by atoms with van der Waals surface area (Å²) in [5.74, 6) is -0.139. The van der Waals surface area contributed by atoms with Crippen molar-refractivity contribution in [3.05, 3.63) is 75.9 Å². The monoisotopic (exact) mass is 483 g/mol. The van der Waals surface area contributed by atoms with E-state index >= 15 is 0 Å². The summed E-state index contributed by atoms with van der Waals surface area (Å²) >= 11 is 7.67. The van der Waals surface area contributed by atoms with Crippen LogP contribution in [0.25, 0.3) is 0 Å². The van der Waals surface area contributed by atoms with Crippen molar-refractivity contribution in [1.29, 1.82) is 0 Å². The zero-order valence-corrected chi connectivity index (χ0v) is 19.4. The quantitative estimate of drug-likeness (QED) is 0.466. The first-order valence-electron chi connectivity index (χ1n) is 10.3. The minimum Gasteiger partial charge on any atom is -0.497 e. The molecule has 7 nitrogen and oxygen atoms in total. The Kier molecular flexibility index (Phi) is 6.96. The van der Waals surface area contributed by atoms with E-state index in [1.807, 2.05) is 17.5 Å². The third kappa shape index (κ3) is 5.18. The Morgan fingerprint density at radius 3 is 2.58 bits per heavy atom. The molecule has 3 aromatic rings. The summed E-state index contributed by atoms with van der Waals surface area (Å²) in [7, 11) is 1.56. The average molecular weight is 484 g/mol. The van der Waals surface area contributed by atoms with Crippen molar-refractivity contribution in [3.63, 3.8) is 0 Å². The number of imide groups is 1. The van der Waals surface area contributed by atoms with E-state index in [4.69, 9.17) is 16.3 Å². The molecule has 1 aromatic heterocycles. The fourth-order valence-electron chi connectivity index (χ4n) is 3.69. The zero-order valence-electron chi connectivity index (χ0n) is 17.9. The van der Waals surface area contributed by atoms with Crippen molar-refractivity contribution in [2.75, 3.05) is 23.9 Å². The van der Waals surface area contributed by atoms with Crippen LogP contribution in [0.3, 0.4) is 0 Å². The van der Waals surface area contributed by atoms with Crippen molar-refractivity contribution >= 4 is 52.2 Å². The van der Waals surface area contributed by atoms with E-state index in [9.17, 15) is 14.4 Å². The van der Waals surface area contributed by atoms with Crippen molar-refractivity contribution < 1.29 is 19.1 Å². The Morgan fingerprint density at radius 2 is 1.91 bits per heavy atom. The highest BCUT2D eigenvalue weighted by Crippen LogP contribution is 2.29. The molecule has 4 rings (SSSR count). The van der Waals surface area contributed by atoms with Crippen molar-refractivity contribution in [3.8, 4) is 5.75 Å². The van der Waals surface area contributed by atoms with Crippen LogP contribution in [0.4, 0.5) is 16.2 Å². The molecule has 0 bridgehead atoms. The molecule has 1 aliphatic rings. The van der Waals surface area contributed by atoms with Gasteiger partial charge in [-0.15, -0.1) is 11.3 Å². The first-order valence-corrected chi connectivity index (χ1v) is 11.6. The number of halogens is 1. The van der Waals surface area contributed by atoms with Gasteiger partial charge in [-0.3, -0.25) is 9.59 Å². The van der Waals surface area contributed by atoms with E-state index in [2.05, 4.69) is 5.32 Å². The number of urea groups is 1. The molecule has 170 valence electrons. The van der Waals surface area contributed by atoms with Gasteiger partial charge in [0.2, 0.25) is 5.91 Å². The van der Waals surface area contributed by atoms with Gasteiger partial charge in [0, 0.05) is 22.1 Å².